The van der Waals surface area contributed by atoms with Gasteiger partial charge in [0.05, 0.1) is 32.0 Å². The van der Waals surface area contributed by atoms with Crippen molar-refractivity contribution in [2.75, 3.05) is 12.0 Å². The van der Waals surface area contributed by atoms with E-state index in [1.165, 1.54) is 11.2 Å². The third-order valence-electron chi connectivity index (χ3n) is 5.30. The van der Waals surface area contributed by atoms with Gasteiger partial charge in [-0.05, 0) is 55.5 Å². The summed E-state index contributed by atoms with van der Waals surface area (Å²) in [5.74, 6) is 0.00626. The number of nitrogens with zero attached hydrogens (tertiary/aromatic N) is 2. The van der Waals surface area contributed by atoms with Gasteiger partial charge < -0.3 is 14.1 Å². The monoisotopic (exact) mass is 418 g/mol. The average Bonchev–Trinajstić information content (AvgIpc) is 3.40. The van der Waals surface area contributed by atoms with E-state index >= 15 is 0 Å². The number of hydrogen-bond acceptors (Lipinski definition) is 5. The maximum Gasteiger partial charge on any atom is 0.257 e. The van der Waals surface area contributed by atoms with Crippen LogP contribution < -0.4 is 9.64 Å². The van der Waals surface area contributed by atoms with E-state index in [-0.39, 0.29) is 24.8 Å². The second-order valence-corrected chi connectivity index (χ2v) is 7.36. The van der Waals surface area contributed by atoms with Gasteiger partial charge in [-0.1, -0.05) is 17.7 Å². The lowest BCUT2D eigenvalue weighted by molar-refractivity contribution is -0.122. The zero-order valence-corrected chi connectivity index (χ0v) is 17.3. The van der Waals surface area contributed by atoms with Gasteiger partial charge in [-0.2, -0.15) is 0 Å². The number of hydrogen-bond donors (Lipinski definition) is 0. The fourth-order valence-electron chi connectivity index (χ4n) is 3.62. The van der Waals surface area contributed by atoms with Crippen molar-refractivity contribution in [2.24, 2.45) is 0 Å². The van der Waals surface area contributed by atoms with Gasteiger partial charge in [-0.3, -0.25) is 14.4 Å². The van der Waals surface area contributed by atoms with Crippen LogP contribution in [-0.2, 0) is 16.1 Å². The fourth-order valence-corrected chi connectivity index (χ4v) is 3.62. The summed E-state index contributed by atoms with van der Waals surface area (Å²) < 4.78 is 10.6. The number of anilines is 1. The van der Waals surface area contributed by atoms with Crippen LogP contribution in [0.3, 0.4) is 0 Å². The summed E-state index contributed by atoms with van der Waals surface area (Å²) >= 11 is 0. The lowest BCUT2D eigenvalue weighted by Crippen LogP contribution is -2.45. The van der Waals surface area contributed by atoms with Gasteiger partial charge in [0.1, 0.15) is 17.6 Å². The molecule has 1 aliphatic heterocycles. The molecule has 4 rings (SSSR count). The smallest absolute Gasteiger partial charge is 0.257 e. The molecule has 0 aliphatic carbocycles. The lowest BCUT2D eigenvalue weighted by atomic mass is 10.1. The van der Waals surface area contributed by atoms with E-state index in [0.717, 1.165) is 10.5 Å². The predicted molar refractivity (Wildman–Crippen MR) is 114 cm³/mol. The summed E-state index contributed by atoms with van der Waals surface area (Å²) in [7, 11) is 1.54. The van der Waals surface area contributed by atoms with Crippen molar-refractivity contribution in [1.82, 2.24) is 4.90 Å². The highest BCUT2D eigenvalue weighted by atomic mass is 16.5. The number of furan rings is 1. The Hall–Kier alpha value is -3.87. The third kappa shape index (κ3) is 4.07. The van der Waals surface area contributed by atoms with Crippen molar-refractivity contribution < 1.29 is 23.5 Å². The highest BCUT2D eigenvalue weighted by Gasteiger charge is 2.44. The molecular weight excluding hydrogens is 396 g/mol. The molecule has 31 heavy (non-hydrogen) atoms. The van der Waals surface area contributed by atoms with Crippen LogP contribution in [0.5, 0.6) is 5.75 Å². The molecule has 1 atom stereocenters. The summed E-state index contributed by atoms with van der Waals surface area (Å²) in [6, 6.07) is 16.3. The van der Waals surface area contributed by atoms with Crippen LogP contribution >= 0.6 is 0 Å². The maximum atomic E-state index is 13.4. The largest absolute Gasteiger partial charge is 0.497 e. The number of carbonyl (C=O) groups excluding carboxylic acids is 3. The van der Waals surface area contributed by atoms with E-state index in [4.69, 9.17) is 9.15 Å². The summed E-state index contributed by atoms with van der Waals surface area (Å²) in [6.07, 6.45) is 1.42. The first-order chi connectivity index (χ1) is 15.0. The molecule has 3 aromatic rings. The van der Waals surface area contributed by atoms with E-state index in [1.807, 2.05) is 19.1 Å². The Kier molecular flexibility index (Phi) is 5.58. The van der Waals surface area contributed by atoms with Gasteiger partial charge in [0, 0.05) is 5.56 Å². The molecule has 7 heteroatoms. The maximum absolute atomic E-state index is 13.4. The van der Waals surface area contributed by atoms with Crippen molar-refractivity contribution in [2.45, 2.75) is 25.9 Å². The minimum Gasteiger partial charge on any atom is -0.497 e. The zero-order valence-electron chi connectivity index (χ0n) is 17.3. The van der Waals surface area contributed by atoms with Gasteiger partial charge in [-0.15, -0.1) is 0 Å². The number of carbonyl (C=O) groups is 3. The normalized spacial score (nSPS) is 15.9. The molecule has 7 nitrogen and oxygen atoms in total. The second-order valence-electron chi connectivity index (χ2n) is 7.36. The molecule has 0 N–H and O–H groups in total. The van der Waals surface area contributed by atoms with Crippen LogP contribution in [0.4, 0.5) is 5.69 Å². The number of benzene rings is 2. The number of aryl methyl sites for hydroxylation is 1. The summed E-state index contributed by atoms with van der Waals surface area (Å²) in [6.45, 7) is 2.00. The number of imide groups is 1. The first kappa shape index (κ1) is 20.4. The van der Waals surface area contributed by atoms with Crippen LogP contribution in [0.25, 0.3) is 0 Å². The highest BCUT2D eigenvalue weighted by Crippen LogP contribution is 2.28. The minimum absolute atomic E-state index is 0.0727. The quantitative estimate of drug-likeness (QED) is 0.572. The molecule has 1 unspecified atom stereocenters. The van der Waals surface area contributed by atoms with Gasteiger partial charge in [-0.25, -0.2) is 4.90 Å². The van der Waals surface area contributed by atoms with Crippen molar-refractivity contribution in [3.8, 4) is 5.75 Å². The molecule has 0 radical (unpaired) electrons. The van der Waals surface area contributed by atoms with Crippen molar-refractivity contribution in [3.63, 3.8) is 0 Å². The van der Waals surface area contributed by atoms with Crippen molar-refractivity contribution in [3.05, 3.63) is 83.8 Å². The Labute approximate surface area is 179 Å². The topological polar surface area (TPSA) is 80.1 Å². The van der Waals surface area contributed by atoms with E-state index in [9.17, 15) is 14.4 Å². The van der Waals surface area contributed by atoms with E-state index in [2.05, 4.69) is 0 Å². The Morgan fingerprint density at radius 2 is 1.81 bits per heavy atom. The number of ether oxygens (including phenoxy) is 1. The fraction of sp³-hybridized carbons (Fsp3) is 0.208. The number of methoxy groups -OCH3 is 1. The Morgan fingerprint density at radius 3 is 2.42 bits per heavy atom. The average molecular weight is 418 g/mol. The molecule has 0 bridgehead atoms. The van der Waals surface area contributed by atoms with Gasteiger partial charge in [0.15, 0.2) is 0 Å². The van der Waals surface area contributed by atoms with Crippen molar-refractivity contribution >= 4 is 23.4 Å². The number of rotatable bonds is 6. The van der Waals surface area contributed by atoms with Crippen LogP contribution in [-0.4, -0.2) is 35.8 Å². The Morgan fingerprint density at radius 1 is 1.10 bits per heavy atom. The van der Waals surface area contributed by atoms with Crippen LogP contribution in [0.15, 0.2) is 71.3 Å². The molecular formula is C24H22N2O5. The zero-order chi connectivity index (χ0) is 22.0. The Bertz CT molecular complexity index is 1090. The minimum atomic E-state index is -0.923. The SMILES string of the molecule is COc1ccc(C(=O)N(Cc2ccco2)C2CC(=O)N(c3ccc(C)cc3)C2=O)cc1. The van der Waals surface area contributed by atoms with Crippen LogP contribution in [0.1, 0.15) is 28.1 Å². The predicted octanol–water partition coefficient (Wildman–Crippen LogP) is 3.57. The molecule has 2 heterocycles. The second kappa shape index (κ2) is 8.47. The van der Waals surface area contributed by atoms with E-state index < -0.39 is 11.9 Å². The Balaban J connectivity index is 1.66. The van der Waals surface area contributed by atoms with Crippen molar-refractivity contribution in [1.29, 1.82) is 0 Å². The molecule has 1 fully saturated rings. The molecule has 1 aliphatic rings. The van der Waals surface area contributed by atoms with Crippen LogP contribution in [0, 0.1) is 6.92 Å². The van der Waals surface area contributed by atoms with E-state index in [1.54, 1.807) is 55.6 Å². The van der Waals surface area contributed by atoms with Gasteiger partial charge in [0.2, 0.25) is 5.91 Å². The summed E-state index contributed by atoms with van der Waals surface area (Å²) in [5.41, 5.74) is 1.91. The lowest BCUT2D eigenvalue weighted by Gasteiger charge is -2.27. The molecule has 1 saturated heterocycles. The molecule has 0 spiro atoms. The first-order valence-electron chi connectivity index (χ1n) is 9.89. The molecule has 158 valence electrons. The molecule has 0 saturated carbocycles. The molecule has 2 aromatic carbocycles. The molecule has 3 amide bonds. The summed E-state index contributed by atoms with van der Waals surface area (Å²) in [5, 5.41) is 0. The summed E-state index contributed by atoms with van der Waals surface area (Å²) in [4.78, 5) is 41.9. The van der Waals surface area contributed by atoms with Gasteiger partial charge >= 0.3 is 0 Å². The first-order valence-corrected chi connectivity index (χ1v) is 9.89. The van der Waals surface area contributed by atoms with Crippen LogP contribution in [0.2, 0.25) is 0 Å². The standard InChI is InChI=1S/C24H22N2O5/c1-16-5-9-18(10-6-16)26-22(27)14-21(24(26)29)25(15-20-4-3-13-31-20)23(28)17-7-11-19(30-2)12-8-17/h3-13,21H,14-15H2,1-2H3. The molecule has 1 aromatic heterocycles. The van der Waals surface area contributed by atoms with Gasteiger partial charge in [0.25, 0.3) is 11.8 Å². The highest BCUT2D eigenvalue weighted by molar-refractivity contribution is 6.23. The third-order valence-corrected chi connectivity index (χ3v) is 5.30. The number of amides is 3. The van der Waals surface area contributed by atoms with E-state index in [0.29, 0.717) is 22.8 Å².